The number of benzene rings is 1. The number of hydrogen-bond donors (Lipinski definition) is 3. The van der Waals surface area contributed by atoms with Crippen LogP contribution in [0.15, 0.2) is 30.5 Å². The third-order valence-corrected chi connectivity index (χ3v) is 6.58. The van der Waals surface area contributed by atoms with Gasteiger partial charge in [-0.1, -0.05) is 11.2 Å². The molecule has 4 N–H and O–H groups in total. The minimum Gasteiger partial charge on any atom is -0.616 e. The number of hydrogen-bond acceptors (Lipinski definition) is 8. The molecule has 5 rings (SSSR count). The zero-order chi connectivity index (χ0) is 22.2. The molecule has 1 aliphatic heterocycles. The third kappa shape index (κ3) is 4.19. The Balaban J connectivity index is 1.45. The maximum atomic E-state index is 12.0. The second-order valence-corrected chi connectivity index (χ2v) is 9.98. The summed E-state index contributed by atoms with van der Waals surface area (Å²) < 4.78 is 13.7. The van der Waals surface area contributed by atoms with Crippen molar-refractivity contribution in [3.05, 3.63) is 41.6 Å². The molecule has 1 saturated carbocycles. The average Bonchev–Trinajstić information content (AvgIpc) is 3.44. The standard InChI is InChI=1S/C22H26N8OS/c1-32(31)13-15-6-18(4-5-19(15)29-11-14(8-23)12-29)26-20-7-21(27-17-2-3-17)30-22(28-20)16(9-24)10-25-30/h4-7,10,14,17,27H,2-3,8,11-13,23H2,1H3,(H,26,28). The molecule has 2 aromatic heterocycles. The van der Waals surface area contributed by atoms with Gasteiger partial charge < -0.3 is 25.8 Å². The predicted molar refractivity (Wildman–Crippen MR) is 127 cm³/mol. The van der Waals surface area contributed by atoms with Gasteiger partial charge in [0.15, 0.2) is 5.65 Å². The lowest BCUT2D eigenvalue weighted by Crippen LogP contribution is -2.50. The number of fused-ring (bicyclic) bond motifs is 1. The third-order valence-electron chi connectivity index (χ3n) is 5.86. The summed E-state index contributed by atoms with van der Waals surface area (Å²) in [5.41, 5.74) is 9.72. The minimum atomic E-state index is -0.960. The largest absolute Gasteiger partial charge is 0.616 e. The average molecular weight is 451 g/mol. The first-order chi connectivity index (χ1) is 15.5. The van der Waals surface area contributed by atoms with Gasteiger partial charge in [0.2, 0.25) is 0 Å². The fourth-order valence-electron chi connectivity index (χ4n) is 4.02. The van der Waals surface area contributed by atoms with E-state index in [1.54, 1.807) is 10.8 Å². The lowest BCUT2D eigenvalue weighted by Gasteiger charge is -2.41. The minimum absolute atomic E-state index is 0.428. The second kappa shape index (κ2) is 8.50. The zero-order valence-electron chi connectivity index (χ0n) is 17.9. The quantitative estimate of drug-likeness (QED) is 0.445. The van der Waals surface area contributed by atoms with Gasteiger partial charge in [0, 0.05) is 48.1 Å². The first-order valence-corrected chi connectivity index (χ1v) is 12.5. The van der Waals surface area contributed by atoms with E-state index in [4.69, 9.17) is 5.73 Å². The Labute approximate surface area is 189 Å². The lowest BCUT2D eigenvalue weighted by atomic mass is 9.98. The van der Waals surface area contributed by atoms with Gasteiger partial charge >= 0.3 is 0 Å². The van der Waals surface area contributed by atoms with Crippen LogP contribution in [-0.4, -0.2) is 51.1 Å². The summed E-state index contributed by atoms with van der Waals surface area (Å²) in [6.07, 6.45) is 5.51. The van der Waals surface area contributed by atoms with Crippen molar-refractivity contribution in [1.82, 2.24) is 14.6 Å². The molecule has 0 bridgehead atoms. The Morgan fingerprint density at radius 2 is 2.12 bits per heavy atom. The van der Waals surface area contributed by atoms with Gasteiger partial charge in [-0.05, 0) is 37.6 Å². The number of nitriles is 1. The first-order valence-electron chi connectivity index (χ1n) is 10.7. The highest BCUT2D eigenvalue weighted by Gasteiger charge is 2.28. The van der Waals surface area contributed by atoms with Crippen LogP contribution in [-0.2, 0) is 16.9 Å². The number of nitrogens with two attached hydrogens (primary N) is 1. The number of rotatable bonds is 8. The summed E-state index contributed by atoms with van der Waals surface area (Å²) in [6.45, 7) is 2.55. The van der Waals surface area contributed by atoms with Crippen LogP contribution in [0.3, 0.4) is 0 Å². The fourth-order valence-corrected chi connectivity index (χ4v) is 4.68. The van der Waals surface area contributed by atoms with Gasteiger partial charge in [-0.15, -0.1) is 0 Å². The van der Waals surface area contributed by atoms with Gasteiger partial charge in [-0.2, -0.15) is 14.9 Å². The maximum Gasteiger partial charge on any atom is 0.177 e. The van der Waals surface area contributed by atoms with Crippen molar-refractivity contribution in [2.24, 2.45) is 11.7 Å². The van der Waals surface area contributed by atoms with Gasteiger partial charge in [-0.3, -0.25) is 0 Å². The monoisotopic (exact) mass is 450 g/mol. The molecule has 1 unspecified atom stereocenters. The van der Waals surface area contributed by atoms with Crippen molar-refractivity contribution in [2.45, 2.75) is 24.6 Å². The molecule has 1 saturated heterocycles. The van der Waals surface area contributed by atoms with Crippen LogP contribution in [0.5, 0.6) is 0 Å². The van der Waals surface area contributed by atoms with Crippen molar-refractivity contribution in [3.63, 3.8) is 0 Å². The van der Waals surface area contributed by atoms with Crippen LogP contribution in [0.1, 0.15) is 24.0 Å². The summed E-state index contributed by atoms with van der Waals surface area (Å²) in [5.74, 6) is 2.44. The molecule has 1 aliphatic carbocycles. The number of anilines is 4. The molecule has 0 spiro atoms. The number of nitrogens with zero attached hydrogens (tertiary/aromatic N) is 5. The van der Waals surface area contributed by atoms with E-state index < -0.39 is 11.2 Å². The number of aromatic nitrogens is 3. The Morgan fingerprint density at radius 1 is 1.31 bits per heavy atom. The Hall–Kier alpha value is -3.00. The predicted octanol–water partition coefficient (Wildman–Crippen LogP) is 2.19. The topological polar surface area (TPSA) is 130 Å². The summed E-state index contributed by atoms with van der Waals surface area (Å²) in [5, 5.41) is 20.6. The highest BCUT2D eigenvalue weighted by atomic mass is 32.2. The molecule has 1 atom stereocenters. The molecular weight excluding hydrogens is 424 g/mol. The van der Waals surface area contributed by atoms with Crippen molar-refractivity contribution in [2.75, 3.05) is 41.4 Å². The van der Waals surface area contributed by atoms with Crippen molar-refractivity contribution < 1.29 is 4.55 Å². The van der Waals surface area contributed by atoms with E-state index in [1.165, 1.54) is 6.20 Å². The molecule has 3 aromatic rings. The molecule has 9 nitrogen and oxygen atoms in total. The second-order valence-electron chi connectivity index (χ2n) is 8.54. The molecule has 2 fully saturated rings. The van der Waals surface area contributed by atoms with Gasteiger partial charge in [-0.25, -0.2) is 4.98 Å². The molecule has 1 aromatic carbocycles. The Morgan fingerprint density at radius 3 is 2.81 bits per heavy atom. The lowest BCUT2D eigenvalue weighted by molar-refractivity contribution is 0.419. The van der Waals surface area contributed by atoms with Crippen LogP contribution < -0.4 is 21.3 Å². The number of nitrogens with one attached hydrogen (secondary N) is 2. The Kier molecular flexibility index (Phi) is 5.55. The van der Waals surface area contributed by atoms with Crippen LogP contribution in [0.25, 0.3) is 5.65 Å². The summed E-state index contributed by atoms with van der Waals surface area (Å²) in [7, 11) is 0. The van der Waals surface area contributed by atoms with Crippen LogP contribution in [0, 0.1) is 17.2 Å². The zero-order valence-corrected chi connectivity index (χ0v) is 18.7. The van der Waals surface area contributed by atoms with Gasteiger partial charge in [0.25, 0.3) is 0 Å². The van der Waals surface area contributed by atoms with Crippen LogP contribution >= 0.6 is 0 Å². The molecule has 3 heterocycles. The van der Waals surface area contributed by atoms with Crippen LogP contribution in [0.4, 0.5) is 23.0 Å². The highest BCUT2D eigenvalue weighted by molar-refractivity contribution is 7.89. The molecule has 0 amide bonds. The van der Waals surface area contributed by atoms with Crippen molar-refractivity contribution in [1.29, 1.82) is 5.26 Å². The van der Waals surface area contributed by atoms with Crippen molar-refractivity contribution in [3.8, 4) is 6.07 Å². The van der Waals surface area contributed by atoms with E-state index in [-0.39, 0.29) is 0 Å². The van der Waals surface area contributed by atoms with Crippen molar-refractivity contribution >= 4 is 39.8 Å². The SMILES string of the molecule is C[S+]([O-])Cc1cc(Nc2cc(NC3CC3)n3ncc(C#N)c3n2)ccc1N1CC(CN)C1. The fraction of sp³-hybridized carbons (Fsp3) is 0.409. The van der Waals surface area contributed by atoms with E-state index >= 15 is 0 Å². The molecule has 32 heavy (non-hydrogen) atoms. The summed E-state index contributed by atoms with van der Waals surface area (Å²) in [4.78, 5) is 6.92. The van der Waals surface area contributed by atoms with E-state index in [0.717, 1.165) is 48.7 Å². The smallest absolute Gasteiger partial charge is 0.177 e. The Bertz CT molecular complexity index is 1180. The highest BCUT2D eigenvalue weighted by Crippen LogP contribution is 2.33. The van der Waals surface area contributed by atoms with E-state index in [2.05, 4.69) is 37.8 Å². The van der Waals surface area contributed by atoms with Gasteiger partial charge in [0.1, 0.15) is 29.0 Å². The van der Waals surface area contributed by atoms with Crippen LogP contribution in [0.2, 0.25) is 0 Å². The van der Waals surface area contributed by atoms with Gasteiger partial charge in [0.05, 0.1) is 12.5 Å². The summed E-state index contributed by atoms with van der Waals surface area (Å²) in [6, 6.07) is 10.6. The molecule has 10 heteroatoms. The van der Waals surface area contributed by atoms with E-state index in [9.17, 15) is 9.81 Å². The normalized spacial score (nSPS) is 17.1. The maximum absolute atomic E-state index is 12.0. The summed E-state index contributed by atoms with van der Waals surface area (Å²) >= 11 is -0.960. The molecule has 166 valence electrons. The van der Waals surface area contributed by atoms with E-state index in [1.807, 2.05) is 18.2 Å². The molecular formula is C22H26N8OS. The first kappa shape index (κ1) is 20.9. The molecule has 0 radical (unpaired) electrons. The van der Waals surface area contributed by atoms with E-state index in [0.29, 0.717) is 41.3 Å². The molecule has 2 aliphatic rings.